The molecule has 2 aromatic rings. The first kappa shape index (κ1) is 20.6. The van der Waals surface area contributed by atoms with Gasteiger partial charge in [0.05, 0.1) is 32.0 Å². The highest BCUT2D eigenvalue weighted by molar-refractivity contribution is 5.42. The SMILES string of the molecule is C=CCO[C@@H]1Cc2ccc(OC)cc2[C@H]1NC[C@@H](O)[C@@H](N)Cc1ccccc1. The van der Waals surface area contributed by atoms with Crippen molar-refractivity contribution in [3.63, 3.8) is 0 Å². The number of benzene rings is 2. The molecular formula is C23H30N2O3. The van der Waals surface area contributed by atoms with Gasteiger partial charge in [-0.25, -0.2) is 0 Å². The molecule has 1 aliphatic carbocycles. The van der Waals surface area contributed by atoms with E-state index in [-0.39, 0.29) is 18.2 Å². The highest BCUT2D eigenvalue weighted by Crippen LogP contribution is 2.35. The van der Waals surface area contributed by atoms with E-state index in [4.69, 9.17) is 15.2 Å². The van der Waals surface area contributed by atoms with E-state index in [9.17, 15) is 5.11 Å². The van der Waals surface area contributed by atoms with Crippen LogP contribution in [0, 0.1) is 0 Å². The predicted molar refractivity (Wildman–Crippen MR) is 112 cm³/mol. The van der Waals surface area contributed by atoms with E-state index in [0.29, 0.717) is 19.6 Å². The number of hydrogen-bond acceptors (Lipinski definition) is 5. The van der Waals surface area contributed by atoms with Gasteiger partial charge in [0.25, 0.3) is 0 Å². The third-order valence-corrected chi connectivity index (χ3v) is 5.26. The molecule has 0 fully saturated rings. The van der Waals surface area contributed by atoms with E-state index in [0.717, 1.165) is 23.3 Å². The van der Waals surface area contributed by atoms with Gasteiger partial charge in [-0.05, 0) is 35.2 Å². The lowest BCUT2D eigenvalue weighted by molar-refractivity contribution is 0.0470. The Bertz CT molecular complexity index is 766. The Hall–Kier alpha value is -2.18. The summed E-state index contributed by atoms with van der Waals surface area (Å²) in [5.41, 5.74) is 9.74. The first-order valence-corrected chi connectivity index (χ1v) is 9.72. The number of aliphatic hydroxyl groups excluding tert-OH is 1. The van der Waals surface area contributed by atoms with Gasteiger partial charge in [0.15, 0.2) is 0 Å². The minimum absolute atomic E-state index is 0.0161. The Morgan fingerprint density at radius 2 is 2.07 bits per heavy atom. The Morgan fingerprint density at radius 1 is 1.29 bits per heavy atom. The second-order valence-electron chi connectivity index (χ2n) is 7.24. The van der Waals surface area contributed by atoms with Gasteiger partial charge < -0.3 is 25.6 Å². The van der Waals surface area contributed by atoms with Crippen molar-refractivity contribution in [3.05, 3.63) is 77.9 Å². The van der Waals surface area contributed by atoms with Crippen LogP contribution in [0.3, 0.4) is 0 Å². The minimum Gasteiger partial charge on any atom is -0.497 e. The van der Waals surface area contributed by atoms with Crippen LogP contribution < -0.4 is 15.8 Å². The van der Waals surface area contributed by atoms with Gasteiger partial charge in [-0.1, -0.05) is 42.5 Å². The quantitative estimate of drug-likeness (QED) is 0.550. The van der Waals surface area contributed by atoms with Gasteiger partial charge in [-0.3, -0.25) is 0 Å². The average Bonchev–Trinajstić information content (AvgIpc) is 3.07. The number of nitrogens with two attached hydrogens (primary N) is 1. The standard InChI is InChI=1S/C23H30N2O3/c1-3-11-28-22-13-17-9-10-18(27-2)14-19(17)23(22)25-15-21(26)20(24)12-16-7-5-4-6-8-16/h3-10,14,20-23,25-26H,1,11-13,15,24H2,2H3/t20-,21+,22+,23+/m0/s1. The van der Waals surface area contributed by atoms with Crippen LogP contribution in [0.2, 0.25) is 0 Å². The molecule has 2 aromatic carbocycles. The molecule has 5 nitrogen and oxygen atoms in total. The Labute approximate surface area is 167 Å². The van der Waals surface area contributed by atoms with Gasteiger partial charge in [-0.2, -0.15) is 0 Å². The fourth-order valence-electron chi connectivity index (χ4n) is 3.72. The van der Waals surface area contributed by atoms with Crippen LogP contribution in [0.25, 0.3) is 0 Å². The van der Waals surface area contributed by atoms with Crippen molar-refractivity contribution < 1.29 is 14.6 Å². The normalized spacial score (nSPS) is 20.4. The highest BCUT2D eigenvalue weighted by atomic mass is 16.5. The summed E-state index contributed by atoms with van der Waals surface area (Å²) < 4.78 is 11.4. The van der Waals surface area contributed by atoms with E-state index >= 15 is 0 Å². The summed E-state index contributed by atoms with van der Waals surface area (Å²) in [6.07, 6.45) is 2.53. The molecular weight excluding hydrogens is 352 g/mol. The molecule has 4 N–H and O–H groups in total. The van der Waals surface area contributed by atoms with E-state index in [2.05, 4.69) is 18.0 Å². The van der Waals surface area contributed by atoms with Crippen LogP contribution in [0.1, 0.15) is 22.7 Å². The number of fused-ring (bicyclic) bond motifs is 1. The summed E-state index contributed by atoms with van der Waals surface area (Å²) >= 11 is 0. The van der Waals surface area contributed by atoms with Gasteiger partial charge >= 0.3 is 0 Å². The largest absolute Gasteiger partial charge is 0.497 e. The van der Waals surface area contributed by atoms with Crippen LogP contribution in [0.15, 0.2) is 61.2 Å². The first-order valence-electron chi connectivity index (χ1n) is 9.72. The number of methoxy groups -OCH3 is 1. The zero-order valence-electron chi connectivity index (χ0n) is 16.4. The molecule has 150 valence electrons. The van der Waals surface area contributed by atoms with Gasteiger partial charge in [-0.15, -0.1) is 6.58 Å². The second kappa shape index (κ2) is 9.85. The lowest BCUT2D eigenvalue weighted by Gasteiger charge is -2.26. The summed E-state index contributed by atoms with van der Waals surface area (Å²) in [5.74, 6) is 0.816. The van der Waals surface area contributed by atoms with Crippen molar-refractivity contribution in [1.29, 1.82) is 0 Å². The fraction of sp³-hybridized carbons (Fsp3) is 0.391. The zero-order valence-corrected chi connectivity index (χ0v) is 16.4. The summed E-state index contributed by atoms with van der Waals surface area (Å²) in [6.45, 7) is 4.62. The third-order valence-electron chi connectivity index (χ3n) is 5.26. The molecule has 0 spiro atoms. The average molecular weight is 383 g/mol. The molecule has 28 heavy (non-hydrogen) atoms. The van der Waals surface area contributed by atoms with Crippen molar-refractivity contribution in [2.75, 3.05) is 20.3 Å². The molecule has 1 aliphatic rings. The number of ether oxygens (including phenoxy) is 2. The first-order chi connectivity index (χ1) is 13.6. The zero-order chi connectivity index (χ0) is 19.9. The summed E-state index contributed by atoms with van der Waals surface area (Å²) in [7, 11) is 1.66. The monoisotopic (exact) mass is 382 g/mol. The van der Waals surface area contributed by atoms with E-state index < -0.39 is 6.10 Å². The van der Waals surface area contributed by atoms with Crippen LogP contribution >= 0.6 is 0 Å². The van der Waals surface area contributed by atoms with Crippen molar-refractivity contribution in [2.24, 2.45) is 5.73 Å². The summed E-state index contributed by atoms with van der Waals surface area (Å²) in [4.78, 5) is 0. The van der Waals surface area contributed by atoms with E-state index in [1.54, 1.807) is 13.2 Å². The highest BCUT2D eigenvalue weighted by Gasteiger charge is 2.34. The Balaban J connectivity index is 1.65. The molecule has 4 atom stereocenters. The predicted octanol–water partition coefficient (Wildman–Crippen LogP) is 2.38. The smallest absolute Gasteiger partial charge is 0.119 e. The molecule has 0 amide bonds. The van der Waals surface area contributed by atoms with Crippen LogP contribution in [-0.2, 0) is 17.6 Å². The Kier molecular flexibility index (Phi) is 7.23. The van der Waals surface area contributed by atoms with Crippen molar-refractivity contribution >= 4 is 0 Å². The molecule has 3 rings (SSSR count). The summed E-state index contributed by atoms with van der Waals surface area (Å²) in [5, 5.41) is 14.1. The van der Waals surface area contributed by atoms with Gasteiger partial charge in [0.1, 0.15) is 5.75 Å². The summed E-state index contributed by atoms with van der Waals surface area (Å²) in [6, 6.07) is 15.7. The van der Waals surface area contributed by atoms with Crippen molar-refractivity contribution in [2.45, 2.75) is 37.1 Å². The molecule has 0 aliphatic heterocycles. The van der Waals surface area contributed by atoms with E-state index in [1.165, 1.54) is 5.56 Å². The lowest BCUT2D eigenvalue weighted by Crippen LogP contribution is -2.45. The maximum absolute atomic E-state index is 10.6. The second-order valence-corrected chi connectivity index (χ2v) is 7.24. The number of aliphatic hydroxyl groups is 1. The van der Waals surface area contributed by atoms with Crippen molar-refractivity contribution in [3.8, 4) is 5.75 Å². The minimum atomic E-state index is -0.657. The van der Waals surface area contributed by atoms with Gasteiger partial charge in [0, 0.05) is 19.0 Å². The topological polar surface area (TPSA) is 76.7 Å². The van der Waals surface area contributed by atoms with Crippen LogP contribution in [-0.4, -0.2) is 43.6 Å². The van der Waals surface area contributed by atoms with Crippen LogP contribution in [0.5, 0.6) is 5.75 Å². The molecule has 0 heterocycles. The van der Waals surface area contributed by atoms with Crippen LogP contribution in [0.4, 0.5) is 0 Å². The number of hydrogen-bond donors (Lipinski definition) is 3. The van der Waals surface area contributed by atoms with Gasteiger partial charge in [0.2, 0.25) is 0 Å². The maximum atomic E-state index is 10.6. The number of rotatable bonds is 10. The lowest BCUT2D eigenvalue weighted by atomic mass is 10.0. The third kappa shape index (κ3) is 5.00. The molecule has 0 aromatic heterocycles. The van der Waals surface area contributed by atoms with Crippen molar-refractivity contribution in [1.82, 2.24) is 5.32 Å². The molecule has 0 saturated carbocycles. The molecule has 0 unspecified atom stereocenters. The number of nitrogens with one attached hydrogen (secondary N) is 1. The molecule has 0 saturated heterocycles. The molecule has 0 radical (unpaired) electrons. The van der Waals surface area contributed by atoms with E-state index in [1.807, 2.05) is 42.5 Å². The molecule has 0 bridgehead atoms. The Morgan fingerprint density at radius 3 is 2.79 bits per heavy atom. The maximum Gasteiger partial charge on any atom is 0.119 e. The fourth-order valence-corrected chi connectivity index (χ4v) is 3.72. The molecule has 5 heteroatoms.